The van der Waals surface area contributed by atoms with E-state index >= 15 is 0 Å². The fraction of sp³-hybridized carbons (Fsp3) is 0.250. The van der Waals surface area contributed by atoms with Crippen LogP contribution in [0.2, 0.25) is 13.6 Å². The van der Waals surface area contributed by atoms with Crippen molar-refractivity contribution < 1.29 is 29.4 Å². The van der Waals surface area contributed by atoms with Gasteiger partial charge in [-0.1, -0.05) is 0 Å². The van der Waals surface area contributed by atoms with Crippen molar-refractivity contribution in [2.24, 2.45) is 4.90 Å². The number of carbonyl (C=O) groups excluding carboxylic acids is 1. The van der Waals surface area contributed by atoms with E-state index in [1.807, 2.05) is 0 Å². The third kappa shape index (κ3) is 9.18. The van der Waals surface area contributed by atoms with E-state index in [0.717, 1.165) is 5.56 Å². The van der Waals surface area contributed by atoms with Crippen LogP contribution in [0.15, 0.2) is 53.4 Å². The quantitative estimate of drug-likeness (QED) is 0.138. The summed E-state index contributed by atoms with van der Waals surface area (Å²) < 4.78 is 10.6. The summed E-state index contributed by atoms with van der Waals surface area (Å²) in [6, 6.07) is 12.4. The fourth-order valence-electron chi connectivity index (χ4n) is 2.99. The van der Waals surface area contributed by atoms with Crippen LogP contribution in [0.1, 0.15) is 15.9 Å². The van der Waals surface area contributed by atoms with Gasteiger partial charge in [0.25, 0.3) is 0 Å². The first kappa shape index (κ1) is 26.8. The molecular weight excluding hydrogens is 439 g/mol. The zero-order valence-electron chi connectivity index (χ0n) is 18.9. The topological polar surface area (TPSA) is 172 Å². The zero-order chi connectivity index (χ0) is 25.1. The number of carboxylic acids is 1. The predicted molar refractivity (Wildman–Crippen MR) is 132 cm³/mol. The standard InChI is InChI=1S/C20H26B3N5O6/c1-22(33)27-17(19(30)31)10-13-6-8-15(9-7-13)25-18(29)14-4-3-5-16(11-14)26-20(24-12-21-32)28-23(2)34/h3-9,11,17,27,33-34H,10,12H2,1-2H3,(H,25,29)(H,30,31)(H2,24,26,28). The van der Waals surface area contributed by atoms with E-state index in [2.05, 4.69) is 26.1 Å². The molecule has 7 N–H and O–H groups in total. The van der Waals surface area contributed by atoms with Crippen LogP contribution in [0.3, 0.4) is 0 Å². The third-order valence-corrected chi connectivity index (χ3v) is 4.45. The van der Waals surface area contributed by atoms with Crippen molar-refractivity contribution in [2.75, 3.05) is 17.1 Å². The molecule has 1 atom stereocenters. The van der Waals surface area contributed by atoms with Crippen LogP contribution in [0.25, 0.3) is 0 Å². The summed E-state index contributed by atoms with van der Waals surface area (Å²) in [6.07, 6.45) is 0.160. The number of benzene rings is 2. The molecule has 1 unspecified atom stereocenters. The van der Waals surface area contributed by atoms with Crippen LogP contribution >= 0.6 is 0 Å². The van der Waals surface area contributed by atoms with E-state index in [0.29, 0.717) is 24.1 Å². The Hall–Kier alpha value is -3.48. The minimum atomic E-state index is -1.07. The number of anilines is 2. The molecule has 0 radical (unpaired) electrons. The van der Waals surface area contributed by atoms with Crippen molar-refractivity contribution in [3.05, 3.63) is 59.7 Å². The molecule has 0 bridgehead atoms. The molecule has 0 fully saturated rings. The Labute approximate surface area is 198 Å². The van der Waals surface area contributed by atoms with Crippen LogP contribution in [0, 0.1) is 0 Å². The summed E-state index contributed by atoms with van der Waals surface area (Å²) in [5.74, 6) is -1.26. The summed E-state index contributed by atoms with van der Waals surface area (Å²) in [5.41, 5.74) is 2.11. The summed E-state index contributed by atoms with van der Waals surface area (Å²) in [6.45, 7) is 2.91. The summed E-state index contributed by atoms with van der Waals surface area (Å²) in [5, 5.41) is 39.1. The van der Waals surface area contributed by atoms with E-state index < -0.39 is 26.1 Å². The first-order valence-corrected chi connectivity index (χ1v) is 10.6. The molecule has 0 saturated carbocycles. The number of aliphatic carboxylic acids is 1. The van der Waals surface area contributed by atoms with E-state index in [1.165, 1.54) is 13.6 Å². The third-order valence-electron chi connectivity index (χ3n) is 4.45. The van der Waals surface area contributed by atoms with Crippen molar-refractivity contribution in [3.8, 4) is 0 Å². The van der Waals surface area contributed by atoms with E-state index in [9.17, 15) is 29.4 Å². The van der Waals surface area contributed by atoms with Crippen molar-refractivity contribution in [1.82, 2.24) is 10.5 Å². The number of carbonyl (C=O) groups is 2. The average Bonchev–Trinajstić information content (AvgIpc) is 2.77. The molecule has 0 aromatic heterocycles. The van der Waals surface area contributed by atoms with Gasteiger partial charge in [0.2, 0.25) is 0 Å². The molecular formula is C20H26B3N5O6. The van der Waals surface area contributed by atoms with Gasteiger partial charge in [-0.3, -0.25) is 4.79 Å². The molecule has 176 valence electrons. The Morgan fingerprint density at radius 1 is 1.06 bits per heavy atom. The molecule has 0 aliphatic rings. The van der Waals surface area contributed by atoms with E-state index in [1.54, 1.807) is 48.5 Å². The Morgan fingerprint density at radius 3 is 2.35 bits per heavy atom. The molecule has 11 nitrogen and oxygen atoms in total. The number of hydrogen-bond donors (Lipinski definition) is 7. The van der Waals surface area contributed by atoms with E-state index in [4.69, 9.17) is 0 Å². The van der Waals surface area contributed by atoms with Gasteiger partial charge in [0.05, 0.1) is 0 Å². The number of amides is 1. The van der Waals surface area contributed by atoms with Crippen molar-refractivity contribution in [1.29, 1.82) is 0 Å². The van der Waals surface area contributed by atoms with Gasteiger partial charge in [-0.25, -0.2) is 0 Å². The zero-order valence-corrected chi connectivity index (χ0v) is 18.9. The SMILES string of the molecule is CB(O)/N=C(/NCB=O)Nc1cccc(C(=O)Nc2ccc(CC(NB(C)O)C(=O)O)cc2)c1. The van der Waals surface area contributed by atoms with Gasteiger partial charge in [0.1, 0.15) is 6.04 Å². The number of nitrogens with one attached hydrogen (secondary N) is 4. The van der Waals surface area contributed by atoms with Crippen LogP contribution in [0.5, 0.6) is 0 Å². The normalized spacial score (nSPS) is 11.7. The van der Waals surface area contributed by atoms with Crippen molar-refractivity contribution >= 4 is 50.5 Å². The molecule has 14 heteroatoms. The van der Waals surface area contributed by atoms with Gasteiger partial charge in [0, 0.05) is 0 Å². The second-order valence-corrected chi connectivity index (χ2v) is 7.45. The molecule has 34 heavy (non-hydrogen) atoms. The number of carboxylic acid groups (broad SMARTS) is 1. The van der Waals surface area contributed by atoms with Crippen LogP contribution < -0.4 is 21.2 Å². The van der Waals surface area contributed by atoms with Gasteiger partial charge < -0.3 is 15.4 Å². The first-order chi connectivity index (χ1) is 16.2. The van der Waals surface area contributed by atoms with Gasteiger partial charge in [-0.05, 0) is 18.8 Å². The maximum atomic E-state index is 12.7. The first-order valence-electron chi connectivity index (χ1n) is 10.6. The van der Waals surface area contributed by atoms with Crippen LogP contribution in [0.4, 0.5) is 11.4 Å². The number of guanidine groups is 1. The number of nitrogens with zero attached hydrogens (tertiary/aromatic N) is 1. The Balaban J connectivity index is 2.05. The second-order valence-electron chi connectivity index (χ2n) is 7.45. The maximum absolute atomic E-state index is 12.7. The Kier molecular flexibility index (Phi) is 10.5. The average molecular weight is 465 g/mol. The fourth-order valence-corrected chi connectivity index (χ4v) is 2.99. The molecule has 0 saturated heterocycles. The second kappa shape index (κ2) is 13.3. The molecule has 0 aliphatic carbocycles. The van der Waals surface area contributed by atoms with Gasteiger partial charge in [0.15, 0.2) is 0 Å². The Bertz CT molecular complexity index is 1020. The molecule has 2 aromatic rings. The molecule has 0 spiro atoms. The van der Waals surface area contributed by atoms with Crippen LogP contribution in [-0.4, -0.2) is 66.7 Å². The minimum absolute atomic E-state index is 0.00295. The Morgan fingerprint density at radius 2 is 1.76 bits per heavy atom. The summed E-state index contributed by atoms with van der Waals surface area (Å²) in [7, 11) is -1.30. The summed E-state index contributed by atoms with van der Waals surface area (Å²) in [4.78, 5) is 28.0. The molecule has 0 aliphatic heterocycles. The van der Waals surface area contributed by atoms with Crippen molar-refractivity contribution in [3.63, 3.8) is 0 Å². The van der Waals surface area contributed by atoms with E-state index in [-0.39, 0.29) is 24.7 Å². The predicted octanol–water partition coefficient (Wildman–Crippen LogP) is 0.109. The molecule has 2 rings (SSSR count). The number of hydrogen-bond acceptors (Lipinski definition) is 7. The van der Waals surface area contributed by atoms with Gasteiger partial charge in [-0.15, -0.1) is 0 Å². The molecule has 0 heterocycles. The summed E-state index contributed by atoms with van der Waals surface area (Å²) >= 11 is 0. The van der Waals surface area contributed by atoms with Gasteiger partial charge >= 0.3 is 153 Å². The number of rotatable bonds is 11. The van der Waals surface area contributed by atoms with Gasteiger partial charge in [-0.2, -0.15) is 0 Å². The molecule has 2 aromatic carbocycles. The van der Waals surface area contributed by atoms with Crippen LogP contribution in [-0.2, 0) is 15.9 Å². The monoisotopic (exact) mass is 465 g/mol. The van der Waals surface area contributed by atoms with Crippen molar-refractivity contribution in [2.45, 2.75) is 26.1 Å². The molecule has 1 amide bonds.